The predicted octanol–water partition coefficient (Wildman–Crippen LogP) is 2.19. The molecule has 16 heavy (non-hydrogen) atoms. The van der Waals surface area contributed by atoms with Crippen molar-refractivity contribution in [3.63, 3.8) is 0 Å². The zero-order chi connectivity index (χ0) is 11.5. The van der Waals surface area contributed by atoms with E-state index in [0.717, 1.165) is 28.8 Å². The molecule has 3 nitrogen and oxygen atoms in total. The highest BCUT2D eigenvalue weighted by Crippen LogP contribution is 2.15. The number of nitrogens with zero attached hydrogens (tertiary/aromatic N) is 3. The molecule has 0 aliphatic rings. The highest BCUT2D eigenvalue weighted by atomic mass is 15.3. The van der Waals surface area contributed by atoms with Gasteiger partial charge in [0.15, 0.2) is 0 Å². The number of hydrogen-bond donors (Lipinski definition) is 0. The van der Waals surface area contributed by atoms with Gasteiger partial charge >= 0.3 is 0 Å². The molecule has 3 heteroatoms. The third kappa shape index (κ3) is 1.82. The normalized spacial score (nSPS) is 10.1. The summed E-state index contributed by atoms with van der Waals surface area (Å²) in [6.07, 6.45) is 2.61. The van der Waals surface area contributed by atoms with Crippen molar-refractivity contribution in [2.45, 2.75) is 13.3 Å². The molecule has 1 aromatic heterocycles. The van der Waals surface area contributed by atoms with E-state index in [-0.39, 0.29) is 0 Å². The molecule has 0 saturated carbocycles. The smallest absolute Gasteiger partial charge is 0.0994 e. The molecular formula is C13H13N3. The molecule has 0 N–H and O–H groups in total. The van der Waals surface area contributed by atoms with Crippen LogP contribution in [0.1, 0.15) is 22.4 Å². The predicted molar refractivity (Wildman–Crippen MR) is 61.9 cm³/mol. The van der Waals surface area contributed by atoms with Gasteiger partial charge in [0, 0.05) is 19.2 Å². The first-order valence-electron chi connectivity index (χ1n) is 5.18. The number of hydrogen-bond acceptors (Lipinski definition) is 2. The van der Waals surface area contributed by atoms with Crippen LogP contribution in [0.2, 0.25) is 0 Å². The summed E-state index contributed by atoms with van der Waals surface area (Å²) in [7, 11) is 1.93. The highest BCUT2D eigenvalue weighted by Gasteiger charge is 2.08. The minimum Gasteiger partial charge on any atom is -0.272 e. The first kappa shape index (κ1) is 10.4. The van der Waals surface area contributed by atoms with Crippen LogP contribution in [-0.4, -0.2) is 9.78 Å². The summed E-state index contributed by atoms with van der Waals surface area (Å²) >= 11 is 0. The summed E-state index contributed by atoms with van der Waals surface area (Å²) in [5.41, 5.74) is 4.11. The zero-order valence-electron chi connectivity index (χ0n) is 9.44. The van der Waals surface area contributed by atoms with Crippen molar-refractivity contribution in [2.75, 3.05) is 0 Å². The third-order valence-electron chi connectivity index (χ3n) is 2.77. The lowest BCUT2D eigenvalue weighted by Gasteiger charge is -2.05. The van der Waals surface area contributed by atoms with E-state index in [9.17, 15) is 0 Å². The average Bonchev–Trinajstić information content (AvgIpc) is 2.61. The van der Waals surface area contributed by atoms with Crippen LogP contribution in [-0.2, 0) is 13.5 Å². The Bertz CT molecular complexity index is 527. The number of nitriles is 1. The van der Waals surface area contributed by atoms with E-state index >= 15 is 0 Å². The maximum atomic E-state index is 9.01. The van der Waals surface area contributed by atoms with E-state index < -0.39 is 0 Å². The van der Waals surface area contributed by atoms with Gasteiger partial charge in [0.05, 0.1) is 17.8 Å². The summed E-state index contributed by atoms with van der Waals surface area (Å²) in [6.45, 7) is 2.04. The molecule has 0 saturated heterocycles. The van der Waals surface area contributed by atoms with Gasteiger partial charge in [-0.1, -0.05) is 18.2 Å². The second kappa shape index (κ2) is 4.19. The largest absolute Gasteiger partial charge is 0.272 e. The number of aryl methyl sites for hydroxylation is 2. The van der Waals surface area contributed by atoms with Crippen LogP contribution < -0.4 is 0 Å². The molecule has 0 bridgehead atoms. The quantitative estimate of drug-likeness (QED) is 0.764. The maximum absolute atomic E-state index is 9.01. The minimum atomic E-state index is 0.739. The molecular weight excluding hydrogens is 198 g/mol. The Morgan fingerprint density at radius 1 is 1.38 bits per heavy atom. The van der Waals surface area contributed by atoms with E-state index in [2.05, 4.69) is 11.2 Å². The third-order valence-corrected chi connectivity index (χ3v) is 2.77. The maximum Gasteiger partial charge on any atom is 0.0994 e. The molecule has 0 aliphatic carbocycles. The van der Waals surface area contributed by atoms with Gasteiger partial charge in [-0.2, -0.15) is 10.4 Å². The van der Waals surface area contributed by atoms with E-state index in [1.54, 1.807) is 0 Å². The number of benzene rings is 1. The lowest BCUT2D eigenvalue weighted by molar-refractivity contribution is 0.722. The molecule has 0 aliphatic heterocycles. The van der Waals surface area contributed by atoms with E-state index in [0.29, 0.717) is 0 Å². The number of rotatable bonds is 2. The second-order valence-corrected chi connectivity index (χ2v) is 3.84. The Morgan fingerprint density at radius 2 is 2.12 bits per heavy atom. The van der Waals surface area contributed by atoms with Crippen molar-refractivity contribution in [3.05, 3.63) is 52.8 Å². The second-order valence-electron chi connectivity index (χ2n) is 3.84. The Balaban J connectivity index is 2.38. The molecule has 1 aromatic carbocycles. The Morgan fingerprint density at radius 3 is 2.75 bits per heavy atom. The fraction of sp³-hybridized carbons (Fsp3) is 0.231. The van der Waals surface area contributed by atoms with Gasteiger partial charge in [-0.25, -0.2) is 0 Å². The van der Waals surface area contributed by atoms with Crippen LogP contribution in [0, 0.1) is 18.3 Å². The molecule has 2 aromatic rings. The van der Waals surface area contributed by atoms with Gasteiger partial charge in [-0.05, 0) is 24.1 Å². The van der Waals surface area contributed by atoms with Gasteiger partial charge in [-0.15, -0.1) is 0 Å². The first-order chi connectivity index (χ1) is 7.72. The average molecular weight is 211 g/mol. The van der Waals surface area contributed by atoms with Crippen molar-refractivity contribution >= 4 is 0 Å². The van der Waals surface area contributed by atoms with Crippen LogP contribution in [0.4, 0.5) is 0 Å². The van der Waals surface area contributed by atoms with Gasteiger partial charge in [-0.3, -0.25) is 4.68 Å². The number of aromatic nitrogens is 2. The molecule has 0 amide bonds. The van der Waals surface area contributed by atoms with Gasteiger partial charge in [0.2, 0.25) is 0 Å². The van der Waals surface area contributed by atoms with Crippen molar-refractivity contribution in [1.82, 2.24) is 9.78 Å². The first-order valence-corrected chi connectivity index (χ1v) is 5.18. The Hall–Kier alpha value is -2.08. The van der Waals surface area contributed by atoms with Gasteiger partial charge < -0.3 is 0 Å². The summed E-state index contributed by atoms with van der Waals surface area (Å²) < 4.78 is 1.86. The molecule has 0 atom stereocenters. The lowest BCUT2D eigenvalue weighted by Crippen LogP contribution is -2.01. The van der Waals surface area contributed by atoms with E-state index in [4.69, 9.17) is 5.26 Å². The highest BCUT2D eigenvalue weighted by molar-refractivity contribution is 5.40. The Labute approximate surface area is 94.9 Å². The summed E-state index contributed by atoms with van der Waals surface area (Å²) in [5, 5.41) is 13.2. The fourth-order valence-electron chi connectivity index (χ4n) is 1.79. The summed E-state index contributed by atoms with van der Waals surface area (Å²) in [5.74, 6) is 0. The monoisotopic (exact) mass is 211 g/mol. The molecule has 1 heterocycles. The van der Waals surface area contributed by atoms with Crippen LogP contribution in [0.25, 0.3) is 0 Å². The molecule has 0 spiro atoms. The van der Waals surface area contributed by atoms with Crippen molar-refractivity contribution < 1.29 is 0 Å². The molecule has 2 rings (SSSR count). The zero-order valence-corrected chi connectivity index (χ0v) is 9.44. The molecule has 0 radical (unpaired) electrons. The lowest BCUT2D eigenvalue weighted by atomic mass is 10.0. The van der Waals surface area contributed by atoms with E-state index in [1.165, 1.54) is 0 Å². The molecule has 0 fully saturated rings. The fourth-order valence-corrected chi connectivity index (χ4v) is 1.79. The Kier molecular flexibility index (Phi) is 2.74. The van der Waals surface area contributed by atoms with Gasteiger partial charge in [0.25, 0.3) is 0 Å². The topological polar surface area (TPSA) is 41.6 Å². The molecule has 0 unspecified atom stereocenters. The van der Waals surface area contributed by atoms with Gasteiger partial charge in [0.1, 0.15) is 0 Å². The summed E-state index contributed by atoms with van der Waals surface area (Å²) in [4.78, 5) is 0. The van der Waals surface area contributed by atoms with Crippen LogP contribution >= 0.6 is 0 Å². The SMILES string of the molecule is Cc1cnn(C)c1Cc1ccccc1C#N. The van der Waals surface area contributed by atoms with Crippen molar-refractivity contribution in [3.8, 4) is 6.07 Å². The van der Waals surface area contributed by atoms with Crippen LogP contribution in [0.5, 0.6) is 0 Å². The van der Waals surface area contributed by atoms with Crippen LogP contribution in [0.15, 0.2) is 30.5 Å². The minimum absolute atomic E-state index is 0.739. The van der Waals surface area contributed by atoms with Crippen molar-refractivity contribution in [1.29, 1.82) is 5.26 Å². The molecule has 80 valence electrons. The van der Waals surface area contributed by atoms with Crippen LogP contribution in [0.3, 0.4) is 0 Å². The van der Waals surface area contributed by atoms with E-state index in [1.807, 2.05) is 49.1 Å². The summed E-state index contributed by atoms with van der Waals surface area (Å²) in [6, 6.07) is 9.90. The standard InChI is InChI=1S/C13H13N3/c1-10-9-15-16(2)13(10)7-11-5-3-4-6-12(11)8-14/h3-6,9H,7H2,1-2H3. The van der Waals surface area contributed by atoms with Crippen molar-refractivity contribution in [2.24, 2.45) is 7.05 Å².